The summed E-state index contributed by atoms with van der Waals surface area (Å²) in [6.45, 7) is 13.0. The molecule has 67 heavy (non-hydrogen) atoms. The summed E-state index contributed by atoms with van der Waals surface area (Å²) < 4.78 is 105. The number of ether oxygens (including phenoxy) is 2. The van der Waals surface area contributed by atoms with Crippen LogP contribution in [0.25, 0.3) is 0 Å². The van der Waals surface area contributed by atoms with E-state index >= 15 is 0 Å². The number of carbonyl (C=O) groups is 2. The first-order chi connectivity index (χ1) is 31.2. The Morgan fingerprint density at radius 2 is 1.04 bits per heavy atom. The molecular formula is C45H55N7O12S3. The van der Waals surface area contributed by atoms with Gasteiger partial charge in [0.05, 0.1) is 77.3 Å². The number of amides is 2. The molecule has 360 valence electrons. The minimum absolute atomic E-state index is 0.0444. The number of hydrogen-bond acceptors (Lipinski definition) is 14. The number of aliphatic hydroxyl groups excluding tert-OH is 2. The quantitative estimate of drug-likeness (QED) is 0.256. The highest BCUT2D eigenvalue weighted by molar-refractivity contribution is 7.92. The highest BCUT2D eigenvalue weighted by Crippen LogP contribution is 2.51. The van der Waals surface area contributed by atoms with E-state index in [-0.39, 0.29) is 92.3 Å². The van der Waals surface area contributed by atoms with Gasteiger partial charge >= 0.3 is 0 Å². The maximum absolute atomic E-state index is 14.3. The topological polar surface area (TPSA) is 254 Å². The maximum atomic E-state index is 14.3. The van der Waals surface area contributed by atoms with Gasteiger partial charge in [-0.3, -0.25) is 9.59 Å². The Balaban J connectivity index is 0.965. The average Bonchev–Trinajstić information content (AvgIpc) is 4.03. The summed E-state index contributed by atoms with van der Waals surface area (Å²) in [6.07, 6.45) is 3.69. The number of hydrogen-bond donors (Lipinski definition) is 4. The monoisotopic (exact) mass is 981 g/mol. The molecule has 0 aromatic heterocycles. The van der Waals surface area contributed by atoms with E-state index in [1.165, 1.54) is 24.3 Å². The zero-order chi connectivity index (χ0) is 48.1. The number of benzene rings is 2. The first kappa shape index (κ1) is 45.7. The number of anilines is 4. The highest BCUT2D eigenvalue weighted by Gasteiger charge is 2.60. The van der Waals surface area contributed by atoms with Gasteiger partial charge in [-0.15, -0.1) is 8.80 Å². The van der Waals surface area contributed by atoms with E-state index in [4.69, 9.17) is 9.47 Å². The lowest BCUT2D eigenvalue weighted by atomic mass is 9.77. The van der Waals surface area contributed by atoms with Crippen molar-refractivity contribution in [1.29, 1.82) is 0 Å². The molecular weight excluding hydrogens is 927 g/mol. The van der Waals surface area contributed by atoms with Crippen molar-refractivity contribution in [3.8, 4) is 0 Å². The Hall–Kier alpha value is -5.03. The van der Waals surface area contributed by atoms with Crippen LogP contribution in [-0.2, 0) is 49.1 Å². The molecule has 2 amide bonds. The fourth-order valence-electron chi connectivity index (χ4n) is 11.0. The molecule has 4 fully saturated rings. The largest absolute Gasteiger partial charge is 0.511 e. The number of sulfonamides is 3. The third-order valence-corrected chi connectivity index (χ3v) is 17.9. The van der Waals surface area contributed by atoms with Crippen LogP contribution in [-0.4, -0.2) is 125 Å². The average molecular weight is 982 g/mol. The molecule has 8 heterocycles. The second-order valence-corrected chi connectivity index (χ2v) is 26.2. The van der Waals surface area contributed by atoms with Crippen LogP contribution in [0.5, 0.6) is 0 Å². The summed E-state index contributed by atoms with van der Waals surface area (Å²) in [6, 6.07) is 6.52. The SMILES string of the molecule is CC(C)(C)CCN1C(=O)C(C2=NS(=O)(=O)c3cc(N(c4ccc5c(c4)S(=O)(=O)N=C(C4=C(O)C6C7CCC(O7)C6N(CCC(C)(C)C)C4=O)N5)S(C)(=O)=O)ccc3N2)=C(O)C2C3CCC(O3)C21. The van der Waals surface area contributed by atoms with Crippen molar-refractivity contribution in [3.63, 3.8) is 0 Å². The van der Waals surface area contributed by atoms with Crippen molar-refractivity contribution in [3.05, 3.63) is 59.1 Å². The van der Waals surface area contributed by atoms with Crippen LogP contribution in [0.1, 0.15) is 80.1 Å². The van der Waals surface area contributed by atoms with Crippen molar-refractivity contribution < 1.29 is 54.5 Å². The van der Waals surface area contributed by atoms with Gasteiger partial charge in [0.1, 0.15) is 32.5 Å². The molecule has 4 bridgehead atoms. The van der Waals surface area contributed by atoms with E-state index in [0.717, 1.165) is 35.5 Å². The number of carbonyl (C=O) groups excluding carboxylic acids is 2. The van der Waals surface area contributed by atoms with Gasteiger partial charge in [0.25, 0.3) is 31.9 Å². The molecule has 8 unspecified atom stereocenters. The predicted molar refractivity (Wildman–Crippen MR) is 248 cm³/mol. The van der Waals surface area contributed by atoms with Gasteiger partial charge in [-0.1, -0.05) is 41.5 Å². The van der Waals surface area contributed by atoms with E-state index in [1.54, 1.807) is 9.80 Å². The van der Waals surface area contributed by atoms with Crippen LogP contribution in [0.4, 0.5) is 22.7 Å². The lowest BCUT2D eigenvalue weighted by molar-refractivity contribution is -0.133. The van der Waals surface area contributed by atoms with Crippen molar-refractivity contribution in [1.82, 2.24) is 9.80 Å². The molecule has 0 radical (unpaired) electrons. The van der Waals surface area contributed by atoms with Gasteiger partial charge in [-0.25, -0.2) is 12.7 Å². The van der Waals surface area contributed by atoms with E-state index in [9.17, 15) is 45.1 Å². The van der Waals surface area contributed by atoms with Crippen LogP contribution in [0.3, 0.4) is 0 Å². The number of fused-ring (bicyclic) bond motifs is 12. The van der Waals surface area contributed by atoms with Crippen LogP contribution >= 0.6 is 0 Å². The van der Waals surface area contributed by atoms with E-state index < -0.39 is 75.6 Å². The van der Waals surface area contributed by atoms with Gasteiger partial charge in [0.15, 0.2) is 11.7 Å². The molecule has 8 aliphatic rings. The van der Waals surface area contributed by atoms with Gasteiger partial charge in [-0.05, 0) is 85.8 Å². The maximum Gasteiger partial charge on any atom is 0.286 e. The summed E-state index contributed by atoms with van der Waals surface area (Å²) >= 11 is 0. The molecule has 4 saturated heterocycles. The summed E-state index contributed by atoms with van der Waals surface area (Å²) in [4.78, 5) is 31.0. The second-order valence-electron chi connectivity index (χ2n) is 21.2. The predicted octanol–water partition coefficient (Wildman–Crippen LogP) is 5.08. The van der Waals surface area contributed by atoms with Gasteiger partial charge in [-0.2, -0.15) is 16.8 Å². The molecule has 2 aromatic carbocycles. The van der Waals surface area contributed by atoms with Crippen molar-refractivity contribution in [2.24, 2.45) is 31.5 Å². The summed E-state index contributed by atoms with van der Waals surface area (Å²) in [5.41, 5.74) is -1.30. The second kappa shape index (κ2) is 15.2. The Labute approximate surface area is 390 Å². The van der Waals surface area contributed by atoms with Gasteiger partial charge in [0, 0.05) is 13.1 Å². The van der Waals surface area contributed by atoms with Crippen LogP contribution in [0.2, 0.25) is 0 Å². The lowest BCUT2D eigenvalue weighted by Gasteiger charge is -2.43. The molecule has 19 nitrogen and oxygen atoms in total. The van der Waals surface area contributed by atoms with E-state index in [1.807, 2.05) is 41.5 Å². The van der Waals surface area contributed by atoms with Gasteiger partial charge in [0.2, 0.25) is 10.0 Å². The van der Waals surface area contributed by atoms with Crippen molar-refractivity contribution in [2.75, 3.05) is 34.3 Å². The Morgan fingerprint density at radius 1 is 0.672 bits per heavy atom. The van der Waals surface area contributed by atoms with E-state index in [0.29, 0.717) is 38.8 Å². The summed E-state index contributed by atoms with van der Waals surface area (Å²) in [7, 11) is -13.7. The fourth-order valence-corrected chi connectivity index (χ4v) is 14.3. The summed E-state index contributed by atoms with van der Waals surface area (Å²) in [5.74, 6) is -3.67. The smallest absolute Gasteiger partial charge is 0.286 e. The first-order valence-corrected chi connectivity index (χ1v) is 27.3. The van der Waals surface area contributed by atoms with Crippen LogP contribution in [0.15, 0.2) is 77.6 Å². The third kappa shape index (κ3) is 7.61. The van der Waals surface area contributed by atoms with Crippen LogP contribution < -0.4 is 14.9 Å². The Morgan fingerprint density at radius 3 is 1.40 bits per heavy atom. The first-order valence-electron chi connectivity index (χ1n) is 22.5. The van der Waals surface area contributed by atoms with Crippen molar-refractivity contribution in [2.45, 2.75) is 126 Å². The molecule has 0 aliphatic carbocycles. The van der Waals surface area contributed by atoms with Crippen molar-refractivity contribution >= 4 is 76.3 Å². The molecule has 0 saturated carbocycles. The highest BCUT2D eigenvalue weighted by atomic mass is 32.2. The molecule has 8 atom stereocenters. The zero-order valence-corrected chi connectivity index (χ0v) is 40.6. The van der Waals surface area contributed by atoms with Gasteiger partial charge < -0.3 is 40.1 Å². The molecule has 22 heteroatoms. The molecule has 4 N–H and O–H groups in total. The number of nitrogens with zero attached hydrogens (tertiary/aromatic N) is 5. The fraction of sp³-hybridized carbons (Fsp3) is 0.556. The number of nitrogens with one attached hydrogen (secondary N) is 2. The number of amidine groups is 2. The standard InChI is InChI=1S/C45H55N7O12S3/c1-44(2,3)16-18-50-36-28-14-12-26(63-28)32(36)38(53)34(42(50)55)40-46-24-10-8-22(20-30(24)66(59,60)48-40)52(65(7,57)58)23-9-11-25-31(21-23)67(61,62)49-41(47-25)35-39(54)33-27-13-15-29(64-27)37(33)51(43(35)56)19-17-45(4,5)6/h8-11,20-21,26-29,32-33,36-37,53-54H,12-19H2,1-7H3,(H,46,48)(H,47,49). The third-order valence-electron chi connectivity index (χ3n) is 14.2. The normalized spacial score (nSPS) is 30.3. The number of rotatable bonds is 9. The summed E-state index contributed by atoms with van der Waals surface area (Å²) in [5, 5.41) is 29.2. The minimum atomic E-state index is -4.67. The van der Waals surface area contributed by atoms with Crippen LogP contribution in [0, 0.1) is 22.7 Å². The minimum Gasteiger partial charge on any atom is -0.511 e. The Kier molecular flexibility index (Phi) is 10.4. The van der Waals surface area contributed by atoms with E-state index in [2.05, 4.69) is 19.4 Å². The lowest BCUT2D eigenvalue weighted by Crippen LogP contribution is -2.56. The molecule has 8 aliphatic heterocycles. The zero-order valence-electron chi connectivity index (χ0n) is 38.2. The molecule has 2 aromatic rings. The Bertz CT molecular complexity index is 2820. The number of aliphatic hydroxyl groups is 2. The molecule has 10 rings (SSSR count). The molecule has 0 spiro atoms.